The molecule has 7 nitrogen and oxygen atoms in total. The first-order valence-corrected chi connectivity index (χ1v) is 16.0. The fraction of sp³-hybridized carbons (Fsp3) is 0.310. The zero-order chi connectivity index (χ0) is 29.4. The number of nitrogens with zero attached hydrogens (tertiary/aromatic N) is 2. The van der Waals surface area contributed by atoms with Gasteiger partial charge in [0.15, 0.2) is 0 Å². The van der Waals surface area contributed by atoms with Crippen LogP contribution in [-0.2, 0) is 32.6 Å². The molecular weight excluding hydrogens is 637 g/mol. The van der Waals surface area contributed by atoms with Gasteiger partial charge in [0.25, 0.3) is 0 Å². The molecule has 0 aliphatic heterocycles. The molecule has 1 atom stereocenters. The van der Waals surface area contributed by atoms with Crippen LogP contribution in [-0.4, -0.2) is 50.5 Å². The lowest BCUT2D eigenvalue weighted by Crippen LogP contribution is -2.53. The molecule has 3 aromatic carbocycles. The lowest BCUT2D eigenvalue weighted by atomic mass is 10.0. The van der Waals surface area contributed by atoms with Crippen LogP contribution in [0, 0.1) is 5.92 Å². The van der Waals surface area contributed by atoms with Gasteiger partial charge < -0.3 is 10.2 Å². The maximum Gasteiger partial charge on any atom is 0.244 e. The van der Waals surface area contributed by atoms with E-state index in [0.717, 1.165) is 26.2 Å². The Bertz CT molecular complexity index is 1440. The summed E-state index contributed by atoms with van der Waals surface area (Å²) in [4.78, 5) is 29.1. The highest BCUT2D eigenvalue weighted by Crippen LogP contribution is 2.34. The molecule has 2 amide bonds. The molecule has 1 N–H and O–H groups in total. The van der Waals surface area contributed by atoms with E-state index in [1.807, 2.05) is 68.4 Å². The van der Waals surface area contributed by atoms with Crippen molar-refractivity contribution in [2.75, 3.05) is 23.7 Å². The van der Waals surface area contributed by atoms with Crippen molar-refractivity contribution in [1.29, 1.82) is 0 Å². The smallest absolute Gasteiger partial charge is 0.244 e. The summed E-state index contributed by atoms with van der Waals surface area (Å²) in [6.07, 6.45) is 1.23. The Morgan fingerprint density at radius 2 is 1.60 bits per heavy atom. The summed E-state index contributed by atoms with van der Waals surface area (Å²) >= 11 is 16.0. The Labute approximate surface area is 254 Å². The van der Waals surface area contributed by atoms with E-state index in [1.54, 1.807) is 6.07 Å². The van der Waals surface area contributed by atoms with Crippen LogP contribution in [0.15, 0.2) is 77.3 Å². The van der Waals surface area contributed by atoms with Gasteiger partial charge in [0.1, 0.15) is 12.6 Å². The number of hydrogen-bond donors (Lipinski definition) is 1. The van der Waals surface area contributed by atoms with E-state index >= 15 is 0 Å². The van der Waals surface area contributed by atoms with E-state index in [4.69, 9.17) is 23.2 Å². The van der Waals surface area contributed by atoms with Crippen LogP contribution < -0.4 is 9.62 Å². The van der Waals surface area contributed by atoms with Crippen LogP contribution >= 0.6 is 39.1 Å². The molecule has 0 bridgehead atoms. The van der Waals surface area contributed by atoms with Crippen LogP contribution in [0.3, 0.4) is 0 Å². The van der Waals surface area contributed by atoms with Crippen molar-refractivity contribution in [3.63, 3.8) is 0 Å². The fourth-order valence-corrected chi connectivity index (χ4v) is 5.84. The number of amides is 2. The first-order valence-electron chi connectivity index (χ1n) is 12.6. The molecule has 0 radical (unpaired) electrons. The van der Waals surface area contributed by atoms with E-state index in [9.17, 15) is 18.0 Å². The highest BCUT2D eigenvalue weighted by Gasteiger charge is 2.33. The van der Waals surface area contributed by atoms with Gasteiger partial charge in [-0.15, -0.1) is 0 Å². The summed E-state index contributed by atoms with van der Waals surface area (Å²) in [6, 6.07) is 20.4. The van der Waals surface area contributed by atoms with Gasteiger partial charge in [0, 0.05) is 24.0 Å². The Morgan fingerprint density at radius 3 is 2.23 bits per heavy atom. The van der Waals surface area contributed by atoms with Crippen LogP contribution in [0.1, 0.15) is 25.0 Å². The minimum atomic E-state index is -3.96. The standard InChI is InChI=1S/C29H32BrCl2N3O4S/c1-20(2)17-33-29(37)26(16-21-9-5-4-6-10-21)34(18-22-11-7-12-23(30)15-22)27(36)19-35(40(3,38)39)25-14-8-13-24(31)28(25)32/h4-15,20,26H,16-19H2,1-3H3,(H,33,37)/t26-/m0/s1. The largest absolute Gasteiger partial charge is 0.354 e. The molecule has 0 aromatic heterocycles. The van der Waals surface area contributed by atoms with Gasteiger partial charge in [-0.25, -0.2) is 8.42 Å². The summed E-state index contributed by atoms with van der Waals surface area (Å²) in [5, 5.41) is 3.12. The van der Waals surface area contributed by atoms with Crippen LogP contribution in [0.25, 0.3) is 0 Å². The normalized spacial score (nSPS) is 12.2. The number of nitrogens with one attached hydrogen (secondary N) is 1. The molecule has 0 saturated heterocycles. The molecule has 214 valence electrons. The molecule has 0 heterocycles. The van der Waals surface area contributed by atoms with Crippen molar-refractivity contribution in [2.24, 2.45) is 5.92 Å². The quantitative estimate of drug-likeness (QED) is 0.259. The summed E-state index contributed by atoms with van der Waals surface area (Å²) in [7, 11) is -3.96. The second-order valence-corrected chi connectivity index (χ2v) is 13.4. The van der Waals surface area contributed by atoms with Crippen molar-refractivity contribution in [1.82, 2.24) is 10.2 Å². The Kier molecular flexibility index (Phi) is 11.5. The third kappa shape index (κ3) is 8.96. The van der Waals surface area contributed by atoms with Crippen molar-refractivity contribution in [3.8, 4) is 0 Å². The highest BCUT2D eigenvalue weighted by atomic mass is 79.9. The molecule has 0 aliphatic rings. The Morgan fingerprint density at radius 1 is 0.950 bits per heavy atom. The topological polar surface area (TPSA) is 86.8 Å². The van der Waals surface area contributed by atoms with Gasteiger partial charge in [-0.05, 0) is 41.3 Å². The minimum Gasteiger partial charge on any atom is -0.354 e. The number of carbonyl (C=O) groups is 2. The zero-order valence-electron chi connectivity index (χ0n) is 22.5. The van der Waals surface area contributed by atoms with Crippen molar-refractivity contribution in [3.05, 3.63) is 98.4 Å². The van der Waals surface area contributed by atoms with Gasteiger partial charge in [-0.3, -0.25) is 13.9 Å². The van der Waals surface area contributed by atoms with E-state index in [-0.39, 0.29) is 40.5 Å². The van der Waals surface area contributed by atoms with Crippen LogP contribution in [0.4, 0.5) is 5.69 Å². The highest BCUT2D eigenvalue weighted by molar-refractivity contribution is 9.10. The molecular formula is C29H32BrCl2N3O4S. The molecule has 0 saturated carbocycles. The number of halogens is 3. The Balaban J connectivity index is 2.07. The van der Waals surface area contributed by atoms with Crippen LogP contribution in [0.2, 0.25) is 10.0 Å². The molecule has 11 heteroatoms. The Hall–Kier alpha value is -2.59. The minimum absolute atomic E-state index is 0.0106. The number of hydrogen-bond acceptors (Lipinski definition) is 4. The lowest BCUT2D eigenvalue weighted by Gasteiger charge is -2.34. The molecule has 0 fully saturated rings. The molecule has 3 rings (SSSR count). The van der Waals surface area contributed by atoms with Crippen molar-refractivity contribution < 1.29 is 18.0 Å². The van der Waals surface area contributed by atoms with E-state index in [0.29, 0.717) is 6.54 Å². The summed E-state index contributed by atoms with van der Waals surface area (Å²) in [6.45, 7) is 3.89. The second-order valence-electron chi connectivity index (χ2n) is 9.84. The third-order valence-electron chi connectivity index (χ3n) is 6.08. The summed E-state index contributed by atoms with van der Waals surface area (Å²) < 4.78 is 27.5. The summed E-state index contributed by atoms with van der Waals surface area (Å²) in [5.41, 5.74) is 1.71. The third-order valence-corrected chi connectivity index (χ3v) is 8.51. The molecule has 0 aliphatic carbocycles. The predicted molar refractivity (Wildman–Crippen MR) is 165 cm³/mol. The average Bonchev–Trinajstić information content (AvgIpc) is 2.89. The lowest BCUT2D eigenvalue weighted by molar-refractivity contribution is -0.140. The van der Waals surface area contributed by atoms with Gasteiger partial charge in [0.05, 0.1) is 22.0 Å². The maximum atomic E-state index is 14.1. The second kappa shape index (κ2) is 14.3. The molecule has 0 unspecified atom stereocenters. The summed E-state index contributed by atoms with van der Waals surface area (Å²) in [5.74, 6) is -0.698. The maximum absolute atomic E-state index is 14.1. The van der Waals surface area contributed by atoms with Crippen molar-refractivity contribution >= 4 is 66.7 Å². The predicted octanol–water partition coefficient (Wildman–Crippen LogP) is 5.93. The number of carbonyl (C=O) groups excluding carboxylic acids is 2. The van der Waals surface area contributed by atoms with E-state index in [2.05, 4.69) is 21.2 Å². The number of sulfonamides is 1. The number of rotatable bonds is 12. The first kappa shape index (κ1) is 31.9. The van der Waals surface area contributed by atoms with Gasteiger partial charge >= 0.3 is 0 Å². The van der Waals surface area contributed by atoms with E-state index < -0.39 is 28.5 Å². The van der Waals surface area contributed by atoms with Gasteiger partial charge in [-0.2, -0.15) is 0 Å². The van der Waals surface area contributed by atoms with Gasteiger partial charge in [0.2, 0.25) is 21.8 Å². The van der Waals surface area contributed by atoms with Crippen molar-refractivity contribution in [2.45, 2.75) is 32.9 Å². The number of anilines is 1. The van der Waals surface area contributed by atoms with Gasteiger partial charge in [-0.1, -0.05) is 102 Å². The fourth-order valence-electron chi connectivity index (χ4n) is 4.09. The average molecular weight is 669 g/mol. The zero-order valence-corrected chi connectivity index (χ0v) is 26.4. The first-order chi connectivity index (χ1) is 18.9. The van der Waals surface area contributed by atoms with Crippen LogP contribution in [0.5, 0.6) is 0 Å². The molecule has 0 spiro atoms. The molecule has 3 aromatic rings. The monoisotopic (exact) mass is 667 g/mol. The SMILES string of the molecule is CC(C)CNC(=O)[C@H](Cc1ccccc1)N(Cc1cccc(Br)c1)C(=O)CN(c1cccc(Cl)c1Cl)S(C)(=O)=O. The molecule has 40 heavy (non-hydrogen) atoms. The number of benzene rings is 3. The van der Waals surface area contributed by atoms with E-state index in [1.165, 1.54) is 17.0 Å².